The number of nitrogens with zero attached hydrogens (tertiary/aromatic N) is 1. The van der Waals surface area contributed by atoms with Crippen molar-refractivity contribution in [1.29, 1.82) is 0 Å². The molecule has 2 heterocycles. The molecular weight excluding hydrogens is 390 g/mol. The molecular formula is C25H27N3O3. The van der Waals surface area contributed by atoms with E-state index in [9.17, 15) is 0 Å². The number of fused-ring (bicyclic) bond motifs is 7. The van der Waals surface area contributed by atoms with Gasteiger partial charge in [-0.2, -0.15) is 5.10 Å². The molecule has 3 aliphatic carbocycles. The second kappa shape index (κ2) is 5.67. The molecule has 3 saturated carbocycles. The topological polar surface area (TPSA) is 68.4 Å². The first-order valence-corrected chi connectivity index (χ1v) is 11.2. The van der Waals surface area contributed by atoms with Crippen LogP contribution in [0.15, 0.2) is 30.5 Å². The third-order valence-corrected chi connectivity index (χ3v) is 8.94. The van der Waals surface area contributed by atoms with Crippen LogP contribution in [0, 0.1) is 17.3 Å². The van der Waals surface area contributed by atoms with Gasteiger partial charge in [0.1, 0.15) is 0 Å². The first-order chi connectivity index (χ1) is 15.2. The Kier molecular flexibility index (Phi) is 3.25. The predicted octanol–water partition coefficient (Wildman–Crippen LogP) is 4.81. The summed E-state index contributed by atoms with van der Waals surface area (Å²) in [6.07, 6.45) is 7.19. The molecule has 4 aliphatic rings. The number of ether oxygens (including phenoxy) is 3. The molecule has 2 N–H and O–H groups in total. The summed E-state index contributed by atoms with van der Waals surface area (Å²) in [6, 6.07) is 8.71. The van der Waals surface area contributed by atoms with E-state index in [0.717, 1.165) is 35.3 Å². The van der Waals surface area contributed by atoms with Gasteiger partial charge >= 0.3 is 0 Å². The molecule has 2 aromatic carbocycles. The van der Waals surface area contributed by atoms with Crippen molar-refractivity contribution < 1.29 is 14.2 Å². The fraction of sp³-hybridized carbons (Fsp3) is 0.480. The highest BCUT2D eigenvalue weighted by atomic mass is 16.5. The lowest BCUT2D eigenvalue weighted by Gasteiger charge is -2.43. The normalized spacial score (nSPS) is 34.0. The lowest BCUT2D eigenvalue weighted by atomic mass is 9.66. The average molecular weight is 418 g/mol. The minimum Gasteiger partial charge on any atom is -0.493 e. The molecule has 1 aromatic heterocycles. The molecule has 3 fully saturated rings. The lowest BCUT2D eigenvalue weighted by Crippen LogP contribution is -2.39. The molecule has 0 amide bonds. The van der Waals surface area contributed by atoms with Crippen molar-refractivity contribution in [3.63, 3.8) is 0 Å². The maximum Gasteiger partial charge on any atom is 0.203 e. The number of aromatic amines is 1. The summed E-state index contributed by atoms with van der Waals surface area (Å²) in [5.41, 5.74) is 5.29. The van der Waals surface area contributed by atoms with Gasteiger partial charge in [-0.15, -0.1) is 0 Å². The molecule has 5 atom stereocenters. The summed E-state index contributed by atoms with van der Waals surface area (Å²) in [7, 11) is 5.05. The quantitative estimate of drug-likeness (QED) is 0.637. The van der Waals surface area contributed by atoms with Crippen LogP contribution in [-0.2, 0) is 5.54 Å². The Morgan fingerprint density at radius 2 is 1.84 bits per heavy atom. The molecule has 1 aliphatic heterocycles. The van der Waals surface area contributed by atoms with Crippen molar-refractivity contribution in [3.8, 4) is 17.2 Å². The zero-order chi connectivity index (χ0) is 21.0. The summed E-state index contributed by atoms with van der Waals surface area (Å²) >= 11 is 0. The molecule has 7 rings (SSSR count). The van der Waals surface area contributed by atoms with E-state index in [0.29, 0.717) is 11.7 Å². The molecule has 6 heteroatoms. The second-order valence-corrected chi connectivity index (χ2v) is 9.77. The van der Waals surface area contributed by atoms with Crippen molar-refractivity contribution in [3.05, 3.63) is 41.6 Å². The minimum atomic E-state index is -0.0885. The van der Waals surface area contributed by atoms with Crippen molar-refractivity contribution >= 4 is 16.6 Å². The molecule has 6 nitrogen and oxygen atoms in total. The summed E-state index contributed by atoms with van der Waals surface area (Å²) in [4.78, 5) is 0. The molecule has 31 heavy (non-hydrogen) atoms. The van der Waals surface area contributed by atoms with Crippen LogP contribution < -0.4 is 19.5 Å². The molecule has 1 spiro atoms. The van der Waals surface area contributed by atoms with Gasteiger partial charge in [-0.25, -0.2) is 0 Å². The van der Waals surface area contributed by atoms with E-state index >= 15 is 0 Å². The van der Waals surface area contributed by atoms with E-state index in [1.807, 2.05) is 6.20 Å². The van der Waals surface area contributed by atoms with E-state index in [4.69, 9.17) is 14.2 Å². The third-order valence-electron chi connectivity index (χ3n) is 8.94. The summed E-state index contributed by atoms with van der Waals surface area (Å²) in [5, 5.41) is 12.9. The molecule has 0 saturated heterocycles. The van der Waals surface area contributed by atoms with Crippen molar-refractivity contribution in [2.24, 2.45) is 17.3 Å². The van der Waals surface area contributed by atoms with E-state index in [2.05, 4.69) is 39.8 Å². The van der Waals surface area contributed by atoms with Crippen LogP contribution in [0.25, 0.3) is 10.9 Å². The van der Waals surface area contributed by atoms with E-state index in [1.165, 1.54) is 41.5 Å². The van der Waals surface area contributed by atoms with Gasteiger partial charge in [0.15, 0.2) is 11.5 Å². The molecule has 2 bridgehead atoms. The number of H-pyrrole nitrogens is 1. The van der Waals surface area contributed by atoms with Gasteiger partial charge in [-0.05, 0) is 78.8 Å². The van der Waals surface area contributed by atoms with Crippen LogP contribution >= 0.6 is 0 Å². The fourth-order valence-electron chi connectivity index (χ4n) is 7.86. The van der Waals surface area contributed by atoms with Gasteiger partial charge in [-0.1, -0.05) is 0 Å². The Morgan fingerprint density at radius 3 is 2.58 bits per heavy atom. The number of nitrogens with one attached hydrogen (secondary N) is 2. The zero-order valence-electron chi connectivity index (χ0n) is 18.1. The van der Waals surface area contributed by atoms with Gasteiger partial charge in [0.05, 0.1) is 38.6 Å². The SMILES string of the molecule is COc1cc([C@@]23CC24C2CCC(C2)[C@@H]4c2c(ccc4[nH]ncc24)N3)cc(OC)c1OC. The Morgan fingerprint density at radius 1 is 1.03 bits per heavy atom. The van der Waals surface area contributed by atoms with Crippen LogP contribution in [0.4, 0.5) is 5.69 Å². The number of methoxy groups -OCH3 is 3. The van der Waals surface area contributed by atoms with E-state index in [-0.39, 0.29) is 11.0 Å². The molecule has 3 unspecified atom stereocenters. The van der Waals surface area contributed by atoms with Crippen molar-refractivity contribution in [2.75, 3.05) is 26.6 Å². The highest BCUT2D eigenvalue weighted by molar-refractivity contribution is 5.90. The van der Waals surface area contributed by atoms with Gasteiger partial charge in [-0.3, -0.25) is 5.10 Å². The first kappa shape index (κ1) is 17.8. The van der Waals surface area contributed by atoms with Gasteiger partial charge in [0.2, 0.25) is 5.75 Å². The Balaban J connectivity index is 1.47. The highest BCUT2D eigenvalue weighted by Gasteiger charge is 2.81. The average Bonchev–Trinajstić information content (AvgIpc) is 3.21. The van der Waals surface area contributed by atoms with Crippen molar-refractivity contribution in [1.82, 2.24) is 10.2 Å². The van der Waals surface area contributed by atoms with Crippen LogP contribution in [0.3, 0.4) is 0 Å². The van der Waals surface area contributed by atoms with Crippen LogP contribution in [0.2, 0.25) is 0 Å². The smallest absolute Gasteiger partial charge is 0.203 e. The first-order valence-electron chi connectivity index (χ1n) is 11.2. The minimum absolute atomic E-state index is 0.0885. The summed E-state index contributed by atoms with van der Waals surface area (Å²) in [5.74, 6) is 4.19. The summed E-state index contributed by atoms with van der Waals surface area (Å²) in [6.45, 7) is 0. The van der Waals surface area contributed by atoms with Crippen LogP contribution in [0.5, 0.6) is 17.2 Å². The number of hydrogen-bond donors (Lipinski definition) is 2. The number of benzene rings is 2. The Bertz CT molecular complexity index is 1210. The maximum atomic E-state index is 5.72. The fourth-order valence-corrected chi connectivity index (χ4v) is 7.86. The standard InChI is InChI=1S/C25H27N3O3/c1-29-19-9-15(10-20(30-2)23(19)31-3)25-12-24(25)14-5-4-13(8-14)22(24)21-16-11-26-28-17(16)6-7-18(21)27-25/h6-7,9-11,13-14,22,27H,4-5,8,12H2,1-3H3,(H,26,28)/t13?,14?,22-,24?,25+/m1/s1. The lowest BCUT2D eigenvalue weighted by molar-refractivity contribution is 0.226. The predicted molar refractivity (Wildman–Crippen MR) is 118 cm³/mol. The molecule has 0 radical (unpaired) electrons. The summed E-state index contributed by atoms with van der Waals surface area (Å²) < 4.78 is 17.0. The van der Waals surface area contributed by atoms with Gasteiger partial charge in [0, 0.05) is 16.5 Å². The third kappa shape index (κ3) is 1.89. The monoisotopic (exact) mass is 417 g/mol. The Hall–Kier alpha value is -2.89. The Labute approximate surface area is 181 Å². The molecule has 160 valence electrons. The molecule has 3 aromatic rings. The van der Waals surface area contributed by atoms with Gasteiger partial charge in [0.25, 0.3) is 0 Å². The largest absolute Gasteiger partial charge is 0.493 e. The van der Waals surface area contributed by atoms with Crippen LogP contribution in [-0.4, -0.2) is 31.5 Å². The highest BCUT2D eigenvalue weighted by Crippen LogP contribution is 2.85. The number of hydrogen-bond acceptors (Lipinski definition) is 5. The maximum absolute atomic E-state index is 5.72. The zero-order valence-corrected chi connectivity index (χ0v) is 18.1. The number of rotatable bonds is 4. The van der Waals surface area contributed by atoms with Crippen LogP contribution in [0.1, 0.15) is 42.7 Å². The van der Waals surface area contributed by atoms with Crippen molar-refractivity contribution in [2.45, 2.75) is 37.1 Å². The van der Waals surface area contributed by atoms with E-state index < -0.39 is 0 Å². The number of anilines is 1. The number of aromatic nitrogens is 2. The second-order valence-electron chi connectivity index (χ2n) is 9.77. The van der Waals surface area contributed by atoms with Gasteiger partial charge < -0.3 is 19.5 Å². The van der Waals surface area contributed by atoms with E-state index in [1.54, 1.807) is 21.3 Å².